The van der Waals surface area contributed by atoms with Crippen molar-refractivity contribution in [2.75, 3.05) is 0 Å². The van der Waals surface area contributed by atoms with E-state index in [9.17, 15) is 0 Å². The third kappa shape index (κ3) is 6.44. The minimum absolute atomic E-state index is 0.0420. The van der Waals surface area contributed by atoms with Crippen LogP contribution in [0.25, 0.3) is 0 Å². The zero-order valence-corrected chi connectivity index (χ0v) is 9.18. The fourth-order valence-electron chi connectivity index (χ4n) is 0.842. The Kier molecular flexibility index (Phi) is 5.65. The summed E-state index contributed by atoms with van der Waals surface area (Å²) in [5, 5.41) is 14.3. The van der Waals surface area contributed by atoms with Gasteiger partial charge in [0.05, 0.1) is 5.69 Å². The van der Waals surface area contributed by atoms with Gasteiger partial charge in [-0.3, -0.25) is 0 Å². The topological polar surface area (TPSA) is 128 Å². The maximum absolute atomic E-state index is 8.36. The lowest BCUT2D eigenvalue weighted by atomic mass is 10.2. The molecule has 16 heavy (non-hydrogen) atoms. The number of rotatable bonds is 1. The van der Waals surface area contributed by atoms with Crippen LogP contribution in [0.5, 0.6) is 0 Å². The molecule has 0 bridgehead atoms. The van der Waals surface area contributed by atoms with Crippen LogP contribution in [0.15, 0.2) is 23.2 Å². The molecule has 7 nitrogen and oxygen atoms in total. The number of benzene rings is 1. The number of aliphatic imine (C=N–C) groups is 1. The fraction of sp³-hybridized carbons (Fsp3) is 0.125. The van der Waals surface area contributed by atoms with Gasteiger partial charge in [-0.15, -0.1) is 10.1 Å². The smallest absolute Gasteiger partial charge is 0.291 e. The second-order valence-electron chi connectivity index (χ2n) is 2.71. The largest absolute Gasteiger partial charge is 0.370 e. The van der Waals surface area contributed by atoms with E-state index in [1.165, 1.54) is 0 Å². The lowest BCUT2D eigenvalue weighted by Gasteiger charge is -2.00. The number of nitrogens with two attached hydrogens (primary N) is 2. The first-order valence-corrected chi connectivity index (χ1v) is 4.39. The minimum atomic E-state index is -1.50. The molecule has 0 atom stereocenters. The molecule has 8 heteroatoms. The summed E-state index contributed by atoms with van der Waals surface area (Å²) in [5.74, 6) is 0.0420. The molecule has 0 aliphatic carbocycles. The molecule has 0 heterocycles. The average Bonchev–Trinajstić information content (AvgIpc) is 2.09. The molecule has 0 radical (unpaired) electrons. The molecule has 0 saturated heterocycles. The number of aryl methyl sites for hydroxylation is 1. The van der Waals surface area contributed by atoms with Crippen molar-refractivity contribution in [1.29, 1.82) is 0 Å². The molecule has 1 aromatic carbocycles. The quantitative estimate of drug-likeness (QED) is 0.297. The van der Waals surface area contributed by atoms with Crippen molar-refractivity contribution in [1.82, 2.24) is 0 Å². The molecule has 0 spiro atoms. The normalized spacial score (nSPS) is 8.62. The van der Waals surface area contributed by atoms with E-state index < -0.39 is 5.09 Å². The minimum Gasteiger partial charge on any atom is -0.370 e. The number of hydrogen-bond donors (Lipinski definition) is 3. The molecule has 5 N–H and O–H groups in total. The Morgan fingerprint density at radius 3 is 2.50 bits per heavy atom. The Morgan fingerprint density at radius 1 is 1.56 bits per heavy atom. The highest BCUT2D eigenvalue weighted by Crippen LogP contribution is 2.22. The molecule has 0 amide bonds. The molecule has 0 aliphatic heterocycles. The van der Waals surface area contributed by atoms with Gasteiger partial charge in [0.25, 0.3) is 5.09 Å². The maximum Gasteiger partial charge on any atom is 0.291 e. The van der Waals surface area contributed by atoms with Crippen molar-refractivity contribution >= 4 is 23.2 Å². The van der Waals surface area contributed by atoms with Crippen LogP contribution >= 0.6 is 11.6 Å². The molecule has 1 rings (SSSR count). The first kappa shape index (κ1) is 14.0. The van der Waals surface area contributed by atoms with Gasteiger partial charge in [-0.25, -0.2) is 4.99 Å². The van der Waals surface area contributed by atoms with Gasteiger partial charge in [0.15, 0.2) is 5.96 Å². The van der Waals surface area contributed by atoms with Crippen molar-refractivity contribution in [2.24, 2.45) is 16.5 Å². The second-order valence-corrected chi connectivity index (χ2v) is 3.14. The summed E-state index contributed by atoms with van der Waals surface area (Å²) in [4.78, 5) is 12.3. The number of guanidine groups is 1. The summed E-state index contributed by atoms with van der Waals surface area (Å²) >= 11 is 5.75. The van der Waals surface area contributed by atoms with Gasteiger partial charge in [0.1, 0.15) is 0 Å². The van der Waals surface area contributed by atoms with Crippen LogP contribution in [-0.2, 0) is 0 Å². The van der Waals surface area contributed by atoms with Gasteiger partial charge in [0, 0.05) is 5.02 Å². The van der Waals surface area contributed by atoms with Gasteiger partial charge in [-0.2, -0.15) is 0 Å². The molecular weight excluding hydrogens is 236 g/mol. The highest BCUT2D eigenvalue weighted by atomic mass is 35.5. The lowest BCUT2D eigenvalue weighted by molar-refractivity contribution is -0.742. The van der Waals surface area contributed by atoms with Gasteiger partial charge in [0.2, 0.25) is 0 Å². The van der Waals surface area contributed by atoms with Crippen molar-refractivity contribution in [3.05, 3.63) is 38.9 Å². The molecule has 0 aromatic heterocycles. The molecule has 0 unspecified atom stereocenters. The van der Waals surface area contributed by atoms with E-state index in [0.29, 0.717) is 10.7 Å². The highest BCUT2D eigenvalue weighted by Gasteiger charge is 1.96. The van der Waals surface area contributed by atoms with Gasteiger partial charge in [-0.05, 0) is 24.6 Å². The monoisotopic (exact) mass is 246 g/mol. The Morgan fingerprint density at radius 2 is 2.06 bits per heavy atom. The molecule has 0 aliphatic rings. The standard InChI is InChI=1S/C8H10ClN3.HNO3/c1-5-2-3-6(9)4-7(5)12-8(10)11;2-1(3)4/h2-4H,1H3,(H4,10,11,12);(H,2,3,4). The third-order valence-corrected chi connectivity index (χ3v) is 1.66. The predicted octanol–water partition coefficient (Wildman–Crippen LogP) is 1.21. The third-order valence-electron chi connectivity index (χ3n) is 1.42. The molecule has 88 valence electrons. The van der Waals surface area contributed by atoms with Crippen molar-refractivity contribution < 1.29 is 10.3 Å². The van der Waals surface area contributed by atoms with E-state index in [0.717, 1.165) is 5.56 Å². The summed E-state index contributed by atoms with van der Waals surface area (Å²) in [6.07, 6.45) is 0. The van der Waals surface area contributed by atoms with Gasteiger partial charge < -0.3 is 16.7 Å². The van der Waals surface area contributed by atoms with E-state index in [1.54, 1.807) is 12.1 Å². The Bertz CT molecular complexity index is 400. The van der Waals surface area contributed by atoms with Crippen molar-refractivity contribution in [3.8, 4) is 0 Å². The van der Waals surface area contributed by atoms with Crippen LogP contribution in [0.1, 0.15) is 5.56 Å². The van der Waals surface area contributed by atoms with Crippen LogP contribution in [0.2, 0.25) is 5.02 Å². The molecule has 0 fully saturated rings. The van der Waals surface area contributed by atoms with E-state index in [1.807, 2.05) is 13.0 Å². The maximum atomic E-state index is 8.36. The zero-order chi connectivity index (χ0) is 12.7. The Hall–Kier alpha value is -2.02. The number of nitrogens with zero attached hydrogens (tertiary/aromatic N) is 2. The van der Waals surface area contributed by atoms with Gasteiger partial charge in [-0.1, -0.05) is 17.7 Å². The first-order chi connectivity index (χ1) is 7.32. The Labute approximate surface area is 96.4 Å². The predicted molar refractivity (Wildman–Crippen MR) is 60.4 cm³/mol. The summed E-state index contributed by atoms with van der Waals surface area (Å²) in [6, 6.07) is 5.38. The Balaban J connectivity index is 0.000000487. The molecular formula is C8H11ClN4O3. The fourth-order valence-corrected chi connectivity index (χ4v) is 1.01. The summed E-state index contributed by atoms with van der Waals surface area (Å²) in [6.45, 7) is 1.91. The van der Waals surface area contributed by atoms with Crippen LogP contribution in [-0.4, -0.2) is 16.3 Å². The van der Waals surface area contributed by atoms with Crippen LogP contribution in [0, 0.1) is 17.0 Å². The van der Waals surface area contributed by atoms with E-state index in [2.05, 4.69) is 4.99 Å². The second kappa shape index (κ2) is 6.46. The SMILES string of the molecule is Cc1ccc(Cl)cc1N=C(N)N.O=[N+]([O-])O. The lowest BCUT2D eigenvalue weighted by Crippen LogP contribution is -2.21. The van der Waals surface area contributed by atoms with E-state index in [-0.39, 0.29) is 5.96 Å². The highest BCUT2D eigenvalue weighted by molar-refractivity contribution is 6.30. The first-order valence-electron chi connectivity index (χ1n) is 4.02. The number of halogens is 1. The average molecular weight is 247 g/mol. The van der Waals surface area contributed by atoms with Crippen LogP contribution in [0.3, 0.4) is 0 Å². The summed E-state index contributed by atoms with van der Waals surface area (Å²) in [7, 11) is 0. The van der Waals surface area contributed by atoms with E-state index >= 15 is 0 Å². The van der Waals surface area contributed by atoms with Crippen molar-refractivity contribution in [2.45, 2.75) is 6.92 Å². The zero-order valence-electron chi connectivity index (χ0n) is 8.42. The summed E-state index contributed by atoms with van der Waals surface area (Å²) < 4.78 is 0. The summed E-state index contributed by atoms with van der Waals surface area (Å²) in [5.41, 5.74) is 12.2. The molecule has 0 saturated carbocycles. The van der Waals surface area contributed by atoms with Crippen molar-refractivity contribution in [3.63, 3.8) is 0 Å². The van der Waals surface area contributed by atoms with Gasteiger partial charge >= 0.3 is 0 Å². The van der Waals surface area contributed by atoms with Crippen LogP contribution < -0.4 is 11.5 Å². The molecule has 1 aromatic rings. The van der Waals surface area contributed by atoms with Crippen LogP contribution in [0.4, 0.5) is 5.69 Å². The van der Waals surface area contributed by atoms with E-state index in [4.69, 9.17) is 38.4 Å². The number of hydrogen-bond acceptors (Lipinski definition) is 3.